The summed E-state index contributed by atoms with van der Waals surface area (Å²) in [7, 11) is 0. The van der Waals surface area contributed by atoms with E-state index in [9.17, 15) is 14.7 Å². The number of carboxylic acids is 1. The summed E-state index contributed by atoms with van der Waals surface area (Å²) >= 11 is 0. The average Bonchev–Trinajstić information content (AvgIpc) is 2.39. The Labute approximate surface area is 115 Å². The van der Waals surface area contributed by atoms with Gasteiger partial charge in [0.25, 0.3) is 0 Å². The van der Waals surface area contributed by atoms with Gasteiger partial charge >= 0.3 is 12.0 Å². The van der Waals surface area contributed by atoms with Crippen molar-refractivity contribution in [3.8, 4) is 0 Å². The van der Waals surface area contributed by atoms with Gasteiger partial charge in [-0.25, -0.2) is 9.59 Å². The highest BCUT2D eigenvalue weighted by Gasteiger charge is 2.39. The van der Waals surface area contributed by atoms with Crippen molar-refractivity contribution < 1.29 is 14.7 Å². The zero-order chi connectivity index (χ0) is 14.6. The van der Waals surface area contributed by atoms with Crippen LogP contribution in [0.3, 0.4) is 0 Å². The van der Waals surface area contributed by atoms with Crippen LogP contribution in [0.2, 0.25) is 0 Å². The number of hydrogen-bond donors (Lipinski definition) is 1. The smallest absolute Gasteiger partial charge is 0.329 e. The molecule has 0 bridgehead atoms. The molecule has 1 aliphatic rings. The van der Waals surface area contributed by atoms with E-state index in [2.05, 4.69) is 11.8 Å². The Morgan fingerprint density at radius 3 is 2.05 bits per heavy atom. The van der Waals surface area contributed by atoms with E-state index in [-0.39, 0.29) is 6.03 Å². The Morgan fingerprint density at radius 2 is 1.68 bits per heavy atom. The molecule has 6 heteroatoms. The molecule has 0 aromatic carbocycles. The van der Waals surface area contributed by atoms with Crippen molar-refractivity contribution in [1.29, 1.82) is 0 Å². The molecule has 0 aromatic rings. The van der Waals surface area contributed by atoms with E-state index >= 15 is 0 Å². The van der Waals surface area contributed by atoms with Crippen molar-refractivity contribution in [2.24, 2.45) is 0 Å². The first-order valence-electron chi connectivity index (χ1n) is 6.86. The fourth-order valence-corrected chi connectivity index (χ4v) is 2.31. The zero-order valence-electron chi connectivity index (χ0n) is 12.3. The molecule has 2 amide bonds. The average molecular weight is 271 g/mol. The van der Waals surface area contributed by atoms with Gasteiger partial charge < -0.3 is 19.8 Å². The van der Waals surface area contributed by atoms with Crippen LogP contribution < -0.4 is 0 Å². The molecule has 0 aromatic heterocycles. The number of carbonyl (C=O) groups is 2. The van der Waals surface area contributed by atoms with E-state index < -0.39 is 11.5 Å². The molecule has 0 spiro atoms. The summed E-state index contributed by atoms with van der Waals surface area (Å²) in [6.45, 7) is 11.5. The predicted molar refractivity (Wildman–Crippen MR) is 73.2 cm³/mol. The van der Waals surface area contributed by atoms with Gasteiger partial charge in [-0.2, -0.15) is 0 Å². The summed E-state index contributed by atoms with van der Waals surface area (Å²) in [5.41, 5.74) is -1.17. The van der Waals surface area contributed by atoms with Gasteiger partial charge in [0.2, 0.25) is 0 Å². The number of carbonyl (C=O) groups excluding carboxylic acids is 1. The molecular formula is C13H25N3O3. The highest BCUT2D eigenvalue weighted by molar-refractivity contribution is 5.85. The maximum Gasteiger partial charge on any atom is 0.329 e. The summed E-state index contributed by atoms with van der Waals surface area (Å²) in [5.74, 6) is -0.977. The molecule has 1 aliphatic heterocycles. The minimum absolute atomic E-state index is 0.175. The molecule has 0 atom stereocenters. The van der Waals surface area contributed by atoms with Crippen molar-refractivity contribution in [1.82, 2.24) is 14.7 Å². The number of nitrogens with zero attached hydrogens (tertiary/aromatic N) is 3. The first-order chi connectivity index (χ1) is 8.84. The number of piperazine rings is 1. The molecular weight excluding hydrogens is 246 g/mol. The summed E-state index contributed by atoms with van der Waals surface area (Å²) in [6.07, 6.45) is 0. The van der Waals surface area contributed by atoms with Gasteiger partial charge in [-0.1, -0.05) is 6.92 Å². The van der Waals surface area contributed by atoms with Gasteiger partial charge in [0, 0.05) is 32.7 Å². The Morgan fingerprint density at radius 1 is 1.16 bits per heavy atom. The third-order valence-corrected chi connectivity index (χ3v) is 3.84. The van der Waals surface area contributed by atoms with E-state index in [0.717, 1.165) is 19.6 Å². The molecule has 19 heavy (non-hydrogen) atoms. The summed E-state index contributed by atoms with van der Waals surface area (Å²) < 4.78 is 0. The number of urea groups is 1. The number of carboxylic acid groups (broad SMARTS) is 1. The van der Waals surface area contributed by atoms with Crippen LogP contribution in [0.1, 0.15) is 27.7 Å². The maximum absolute atomic E-state index is 12.4. The summed E-state index contributed by atoms with van der Waals surface area (Å²) in [4.78, 5) is 29.2. The van der Waals surface area contributed by atoms with E-state index in [0.29, 0.717) is 19.6 Å². The Balaban J connectivity index is 2.73. The Kier molecular flexibility index (Phi) is 5.17. The van der Waals surface area contributed by atoms with Gasteiger partial charge in [-0.15, -0.1) is 0 Å². The van der Waals surface area contributed by atoms with Crippen molar-refractivity contribution in [2.75, 3.05) is 39.3 Å². The second-order valence-electron chi connectivity index (χ2n) is 5.31. The second-order valence-corrected chi connectivity index (χ2v) is 5.31. The lowest BCUT2D eigenvalue weighted by molar-refractivity contribution is -0.147. The second kappa shape index (κ2) is 6.23. The molecule has 0 saturated carbocycles. The standard InChI is InChI=1S/C13H25N3O3/c1-5-14-7-9-15(10-8-14)12(19)16(6-2)13(3,4)11(17)18/h5-10H2,1-4H3,(H,17,18). The Hall–Kier alpha value is -1.30. The van der Waals surface area contributed by atoms with Crippen LogP contribution in [-0.4, -0.2) is 76.6 Å². The largest absolute Gasteiger partial charge is 0.480 e. The predicted octanol–water partition coefficient (Wildman–Crippen LogP) is 0.929. The molecule has 0 aliphatic carbocycles. The molecule has 0 radical (unpaired) electrons. The van der Waals surface area contributed by atoms with Crippen molar-refractivity contribution >= 4 is 12.0 Å². The van der Waals surface area contributed by atoms with Crippen LogP contribution in [0.15, 0.2) is 0 Å². The lowest BCUT2D eigenvalue weighted by Crippen LogP contribution is -2.59. The van der Waals surface area contributed by atoms with Crippen LogP contribution in [0.4, 0.5) is 4.79 Å². The number of hydrogen-bond acceptors (Lipinski definition) is 3. The zero-order valence-corrected chi connectivity index (χ0v) is 12.3. The van der Waals surface area contributed by atoms with Gasteiger partial charge in [0.05, 0.1) is 0 Å². The third kappa shape index (κ3) is 3.37. The number of likely N-dealkylation sites (N-methyl/N-ethyl adjacent to an activating group) is 2. The van der Waals surface area contributed by atoms with Crippen molar-refractivity contribution in [2.45, 2.75) is 33.2 Å². The van der Waals surface area contributed by atoms with E-state index in [4.69, 9.17) is 0 Å². The number of rotatable bonds is 4. The van der Waals surface area contributed by atoms with Gasteiger partial charge in [0.15, 0.2) is 0 Å². The van der Waals surface area contributed by atoms with Crippen LogP contribution in [0, 0.1) is 0 Å². The van der Waals surface area contributed by atoms with Gasteiger partial charge in [-0.05, 0) is 27.3 Å². The lowest BCUT2D eigenvalue weighted by Gasteiger charge is -2.41. The first-order valence-corrected chi connectivity index (χ1v) is 6.86. The monoisotopic (exact) mass is 271 g/mol. The molecule has 1 rings (SSSR count). The minimum Gasteiger partial charge on any atom is -0.480 e. The highest BCUT2D eigenvalue weighted by Crippen LogP contribution is 2.17. The fraction of sp³-hybridized carbons (Fsp3) is 0.846. The normalized spacial score (nSPS) is 17.4. The number of aliphatic carboxylic acids is 1. The molecule has 110 valence electrons. The van der Waals surface area contributed by atoms with Crippen LogP contribution >= 0.6 is 0 Å². The van der Waals surface area contributed by atoms with Gasteiger partial charge in [0.1, 0.15) is 5.54 Å². The van der Waals surface area contributed by atoms with Crippen molar-refractivity contribution in [3.63, 3.8) is 0 Å². The molecule has 1 fully saturated rings. The molecule has 1 saturated heterocycles. The molecule has 6 nitrogen and oxygen atoms in total. The quantitative estimate of drug-likeness (QED) is 0.826. The number of amides is 2. The van der Waals surface area contributed by atoms with E-state index in [1.807, 2.05) is 6.92 Å². The van der Waals surface area contributed by atoms with Crippen LogP contribution in [0.5, 0.6) is 0 Å². The molecule has 1 heterocycles. The van der Waals surface area contributed by atoms with Crippen molar-refractivity contribution in [3.05, 3.63) is 0 Å². The minimum atomic E-state index is -1.17. The fourth-order valence-electron chi connectivity index (χ4n) is 2.31. The lowest BCUT2D eigenvalue weighted by atomic mass is 10.0. The molecule has 1 N–H and O–H groups in total. The SMILES string of the molecule is CCN1CCN(C(=O)N(CC)C(C)(C)C(=O)O)CC1. The summed E-state index contributed by atoms with van der Waals surface area (Å²) in [5, 5.41) is 9.25. The highest BCUT2D eigenvalue weighted by atomic mass is 16.4. The molecule has 0 unspecified atom stereocenters. The van der Waals surface area contributed by atoms with E-state index in [1.165, 1.54) is 4.90 Å². The summed E-state index contributed by atoms with van der Waals surface area (Å²) in [6, 6.07) is -0.175. The van der Waals surface area contributed by atoms with Gasteiger partial charge in [-0.3, -0.25) is 0 Å². The topological polar surface area (TPSA) is 64.1 Å². The van der Waals surface area contributed by atoms with E-state index in [1.54, 1.807) is 18.7 Å². The van der Waals surface area contributed by atoms with Crippen LogP contribution in [-0.2, 0) is 4.79 Å². The van der Waals surface area contributed by atoms with Crippen LogP contribution in [0.25, 0.3) is 0 Å². The first kappa shape index (κ1) is 15.8. The maximum atomic E-state index is 12.4. The third-order valence-electron chi connectivity index (χ3n) is 3.84. The Bertz CT molecular complexity index is 336.